The van der Waals surface area contributed by atoms with Crippen LogP contribution in [0.1, 0.15) is 19.4 Å². The number of halogens is 3. The summed E-state index contributed by atoms with van der Waals surface area (Å²) in [6, 6.07) is 3.90. The molecule has 0 radical (unpaired) electrons. The fourth-order valence-electron chi connectivity index (χ4n) is 2.01. The number of anilines is 2. The average Bonchev–Trinajstić information content (AvgIpc) is 2.33. The van der Waals surface area contributed by atoms with E-state index in [2.05, 4.69) is 0 Å². The summed E-state index contributed by atoms with van der Waals surface area (Å²) in [5.74, 6) is 0.241. The third kappa shape index (κ3) is 4.59. The van der Waals surface area contributed by atoms with Gasteiger partial charge in [-0.15, -0.1) is 0 Å². The van der Waals surface area contributed by atoms with Crippen LogP contribution in [0.25, 0.3) is 0 Å². The summed E-state index contributed by atoms with van der Waals surface area (Å²) >= 11 is 0. The van der Waals surface area contributed by atoms with Crippen LogP contribution in [0.3, 0.4) is 0 Å². The van der Waals surface area contributed by atoms with Gasteiger partial charge < -0.3 is 15.4 Å². The molecule has 6 heteroatoms. The van der Waals surface area contributed by atoms with Crippen molar-refractivity contribution in [2.75, 3.05) is 37.4 Å². The minimum absolute atomic E-state index is 0.109. The quantitative estimate of drug-likeness (QED) is 0.816. The van der Waals surface area contributed by atoms with Gasteiger partial charge in [0.05, 0.1) is 12.2 Å². The Morgan fingerprint density at radius 3 is 2.45 bits per heavy atom. The molecule has 0 aromatic heterocycles. The van der Waals surface area contributed by atoms with Crippen molar-refractivity contribution in [2.45, 2.75) is 20.0 Å². The monoisotopic (exact) mass is 290 g/mol. The highest BCUT2D eigenvalue weighted by atomic mass is 19.4. The first-order valence-corrected chi connectivity index (χ1v) is 6.46. The molecule has 0 fully saturated rings. The fraction of sp³-hybridized carbons (Fsp3) is 0.571. The van der Waals surface area contributed by atoms with Crippen molar-refractivity contribution >= 4 is 11.4 Å². The van der Waals surface area contributed by atoms with Gasteiger partial charge in [0.15, 0.2) is 0 Å². The smallest absolute Gasteiger partial charge is 0.399 e. The number of hydrogen-bond donors (Lipinski definition) is 1. The Labute approximate surface area is 117 Å². The van der Waals surface area contributed by atoms with E-state index in [-0.39, 0.29) is 17.3 Å². The first-order valence-electron chi connectivity index (χ1n) is 6.46. The third-order valence-corrected chi connectivity index (χ3v) is 2.82. The van der Waals surface area contributed by atoms with E-state index >= 15 is 0 Å². The second-order valence-corrected chi connectivity index (χ2v) is 5.11. The van der Waals surface area contributed by atoms with Gasteiger partial charge in [0.1, 0.15) is 0 Å². The minimum atomic E-state index is -4.42. The van der Waals surface area contributed by atoms with E-state index in [9.17, 15) is 13.2 Å². The molecule has 0 saturated heterocycles. The molecule has 0 aliphatic carbocycles. The molecule has 0 aliphatic heterocycles. The Balaban J connectivity index is 3.17. The highest BCUT2D eigenvalue weighted by Crippen LogP contribution is 2.38. The summed E-state index contributed by atoms with van der Waals surface area (Å²) in [5, 5.41) is 0. The molecule has 0 spiro atoms. The number of alkyl halides is 3. The van der Waals surface area contributed by atoms with Crippen LogP contribution in [0.4, 0.5) is 24.5 Å². The predicted octanol–water partition coefficient (Wildman–Crippen LogP) is 3.40. The van der Waals surface area contributed by atoms with Crippen LogP contribution in [0.15, 0.2) is 18.2 Å². The molecule has 0 heterocycles. The Morgan fingerprint density at radius 1 is 1.30 bits per heavy atom. The zero-order chi connectivity index (χ0) is 15.3. The molecular weight excluding hydrogens is 269 g/mol. The number of nitrogens with two attached hydrogens (primary N) is 1. The summed E-state index contributed by atoms with van der Waals surface area (Å²) in [5.41, 5.74) is 5.04. The largest absolute Gasteiger partial charge is 0.418 e. The van der Waals surface area contributed by atoms with Gasteiger partial charge in [-0.25, -0.2) is 0 Å². The molecule has 1 aromatic carbocycles. The van der Waals surface area contributed by atoms with Crippen molar-refractivity contribution in [3.63, 3.8) is 0 Å². The normalized spacial score (nSPS) is 11.9. The molecule has 1 aromatic rings. The molecule has 20 heavy (non-hydrogen) atoms. The zero-order valence-corrected chi connectivity index (χ0v) is 12.0. The summed E-state index contributed by atoms with van der Waals surface area (Å²) in [6.07, 6.45) is -4.42. The van der Waals surface area contributed by atoms with Crippen molar-refractivity contribution in [3.8, 4) is 0 Å². The minimum Gasteiger partial charge on any atom is -0.399 e. The molecule has 0 saturated carbocycles. The molecule has 0 amide bonds. The fourth-order valence-corrected chi connectivity index (χ4v) is 2.01. The molecule has 0 atom stereocenters. The van der Waals surface area contributed by atoms with Crippen molar-refractivity contribution in [1.29, 1.82) is 0 Å². The van der Waals surface area contributed by atoms with E-state index in [1.807, 2.05) is 13.8 Å². The summed E-state index contributed by atoms with van der Waals surface area (Å²) in [7, 11) is 1.53. The lowest BCUT2D eigenvalue weighted by atomic mass is 10.1. The third-order valence-electron chi connectivity index (χ3n) is 2.82. The van der Waals surface area contributed by atoms with Crippen LogP contribution in [-0.4, -0.2) is 26.8 Å². The first-order chi connectivity index (χ1) is 9.25. The van der Waals surface area contributed by atoms with Crippen molar-refractivity contribution in [2.24, 2.45) is 5.92 Å². The maximum Gasteiger partial charge on any atom is 0.418 e. The predicted molar refractivity (Wildman–Crippen MR) is 74.8 cm³/mol. The van der Waals surface area contributed by atoms with E-state index in [1.54, 1.807) is 4.90 Å². The van der Waals surface area contributed by atoms with Crippen molar-refractivity contribution in [1.82, 2.24) is 0 Å². The van der Waals surface area contributed by atoms with Crippen LogP contribution in [0, 0.1) is 5.92 Å². The highest BCUT2D eigenvalue weighted by molar-refractivity contribution is 5.61. The summed E-state index contributed by atoms with van der Waals surface area (Å²) in [4.78, 5) is 1.69. The molecular formula is C14H21F3N2O. The molecule has 0 unspecified atom stereocenters. The summed E-state index contributed by atoms with van der Waals surface area (Å²) < 4.78 is 44.4. The van der Waals surface area contributed by atoms with E-state index in [1.165, 1.54) is 19.2 Å². The van der Waals surface area contributed by atoms with Crippen LogP contribution < -0.4 is 10.6 Å². The van der Waals surface area contributed by atoms with E-state index in [0.717, 1.165) is 6.07 Å². The first kappa shape index (κ1) is 16.6. The van der Waals surface area contributed by atoms with Gasteiger partial charge in [0, 0.05) is 31.6 Å². The van der Waals surface area contributed by atoms with E-state index in [0.29, 0.717) is 19.7 Å². The van der Waals surface area contributed by atoms with Gasteiger partial charge >= 0.3 is 6.18 Å². The highest BCUT2D eigenvalue weighted by Gasteiger charge is 2.35. The average molecular weight is 290 g/mol. The Bertz CT molecular complexity index is 433. The van der Waals surface area contributed by atoms with Crippen LogP contribution >= 0.6 is 0 Å². The van der Waals surface area contributed by atoms with Crippen LogP contribution in [0.5, 0.6) is 0 Å². The van der Waals surface area contributed by atoms with E-state index in [4.69, 9.17) is 10.5 Å². The zero-order valence-electron chi connectivity index (χ0n) is 12.0. The van der Waals surface area contributed by atoms with Crippen molar-refractivity contribution < 1.29 is 17.9 Å². The van der Waals surface area contributed by atoms with Gasteiger partial charge in [-0.3, -0.25) is 0 Å². The molecule has 2 N–H and O–H groups in total. The maximum absolute atomic E-state index is 13.1. The molecule has 1 rings (SSSR count). The van der Waals surface area contributed by atoms with Crippen LogP contribution in [-0.2, 0) is 10.9 Å². The standard InChI is InChI=1S/C14H21F3N2O/c1-10(2)9-19(6-7-20-3)13-5-4-11(18)8-12(13)14(15,16)17/h4-5,8,10H,6-7,9,18H2,1-3H3. The topological polar surface area (TPSA) is 38.5 Å². The lowest BCUT2D eigenvalue weighted by Gasteiger charge is -2.29. The summed E-state index contributed by atoms with van der Waals surface area (Å²) in [6.45, 7) is 5.22. The number of hydrogen-bond acceptors (Lipinski definition) is 3. The van der Waals surface area contributed by atoms with Gasteiger partial charge in [-0.2, -0.15) is 13.2 Å². The number of nitrogen functional groups attached to an aromatic ring is 1. The van der Waals surface area contributed by atoms with Crippen molar-refractivity contribution in [3.05, 3.63) is 23.8 Å². The Morgan fingerprint density at radius 2 is 1.95 bits per heavy atom. The number of methoxy groups -OCH3 is 1. The molecule has 114 valence electrons. The van der Waals surface area contributed by atoms with Gasteiger partial charge in [0.25, 0.3) is 0 Å². The number of ether oxygens (including phenoxy) is 1. The van der Waals surface area contributed by atoms with Gasteiger partial charge in [-0.05, 0) is 24.1 Å². The van der Waals surface area contributed by atoms with Gasteiger partial charge in [-0.1, -0.05) is 13.8 Å². The lowest BCUT2D eigenvalue weighted by molar-refractivity contribution is -0.137. The number of rotatable bonds is 6. The van der Waals surface area contributed by atoms with E-state index < -0.39 is 11.7 Å². The Kier molecular flexibility index (Phi) is 5.68. The van der Waals surface area contributed by atoms with Gasteiger partial charge in [0.2, 0.25) is 0 Å². The van der Waals surface area contributed by atoms with Crippen LogP contribution in [0.2, 0.25) is 0 Å². The molecule has 0 aliphatic rings. The maximum atomic E-state index is 13.1. The number of benzene rings is 1. The second kappa shape index (κ2) is 6.83. The molecule has 0 bridgehead atoms. The Hall–Kier alpha value is -1.43. The SMILES string of the molecule is COCCN(CC(C)C)c1ccc(N)cc1C(F)(F)F. The number of nitrogens with zero attached hydrogens (tertiary/aromatic N) is 1. The molecule has 3 nitrogen and oxygen atoms in total. The second-order valence-electron chi connectivity index (χ2n) is 5.11. The lowest BCUT2D eigenvalue weighted by Crippen LogP contribution is -2.32.